The lowest BCUT2D eigenvalue weighted by atomic mass is 9.87. The molecule has 0 bridgehead atoms. The summed E-state index contributed by atoms with van der Waals surface area (Å²) in [5.74, 6) is -1.73. The number of nitrogens with zero attached hydrogens (tertiary/aromatic N) is 7. The molecule has 5 aromatic rings. The smallest absolute Gasteiger partial charge is 0.123 e. The summed E-state index contributed by atoms with van der Waals surface area (Å²) >= 11 is 0. The van der Waals surface area contributed by atoms with Crippen LogP contribution in [0.5, 0.6) is 0 Å². The van der Waals surface area contributed by atoms with Crippen LogP contribution in [0.3, 0.4) is 0 Å². The first-order valence-corrected chi connectivity index (χ1v) is 13.7. The second kappa shape index (κ2) is 10.7. The van der Waals surface area contributed by atoms with Crippen LogP contribution in [0.1, 0.15) is 69.3 Å². The molecule has 1 N–H and O–H groups in total. The van der Waals surface area contributed by atoms with Gasteiger partial charge < -0.3 is 5.32 Å². The quantitative estimate of drug-likeness (QED) is 0.238. The van der Waals surface area contributed by atoms with E-state index >= 15 is 0 Å². The van der Waals surface area contributed by atoms with Gasteiger partial charge in [0.2, 0.25) is 0 Å². The lowest BCUT2D eigenvalue weighted by Crippen LogP contribution is -2.19. The van der Waals surface area contributed by atoms with Crippen LogP contribution < -0.4 is 5.32 Å². The van der Waals surface area contributed by atoms with Crippen molar-refractivity contribution in [2.24, 2.45) is 5.41 Å². The number of halogens is 1. The van der Waals surface area contributed by atoms with Crippen LogP contribution in [0.25, 0.3) is 22.0 Å². The van der Waals surface area contributed by atoms with Crippen molar-refractivity contribution in [2.75, 3.05) is 11.9 Å². The third kappa shape index (κ3) is 5.78. The van der Waals surface area contributed by atoms with Crippen LogP contribution >= 0.6 is 0 Å². The molecule has 1 aliphatic carbocycles. The molecule has 0 unspecified atom stereocenters. The fourth-order valence-electron chi connectivity index (χ4n) is 4.88. The first-order valence-electron chi connectivity index (χ1n) is 14.2. The highest BCUT2D eigenvalue weighted by Gasteiger charge is 2.27. The Kier molecular flexibility index (Phi) is 6.59. The van der Waals surface area contributed by atoms with Gasteiger partial charge in [0.25, 0.3) is 0 Å². The fraction of sp³-hybridized carbons (Fsp3) is 0.312. The van der Waals surface area contributed by atoms with Crippen LogP contribution in [0.15, 0.2) is 67.5 Å². The summed E-state index contributed by atoms with van der Waals surface area (Å²) < 4.78 is 25.6. The molecular formula is C32H31FN8. The number of pyridine rings is 1. The highest BCUT2D eigenvalue weighted by molar-refractivity contribution is 6.02. The number of benzene rings is 2. The number of rotatable bonds is 8. The first kappa shape index (κ1) is 25.3. The molecule has 6 rings (SSSR count). The van der Waals surface area contributed by atoms with E-state index in [1.54, 1.807) is 30.7 Å². The molecule has 0 saturated heterocycles. The van der Waals surface area contributed by atoms with Crippen LogP contribution in [0.4, 0.5) is 10.1 Å². The van der Waals surface area contributed by atoms with Crippen molar-refractivity contribution in [2.45, 2.75) is 52.0 Å². The van der Waals surface area contributed by atoms with E-state index in [0.29, 0.717) is 40.6 Å². The predicted octanol–water partition coefficient (Wildman–Crippen LogP) is 6.46. The van der Waals surface area contributed by atoms with Gasteiger partial charge in [0, 0.05) is 55.1 Å². The Morgan fingerprint density at radius 2 is 1.90 bits per heavy atom. The molecule has 0 amide bonds. The molecule has 1 fully saturated rings. The molecule has 2 aromatic carbocycles. The van der Waals surface area contributed by atoms with Crippen LogP contribution in [0, 0.1) is 22.6 Å². The molecule has 3 aromatic heterocycles. The Morgan fingerprint density at radius 1 is 1.15 bits per heavy atom. The maximum atomic E-state index is 14.0. The van der Waals surface area contributed by atoms with Gasteiger partial charge in [0.15, 0.2) is 0 Å². The average molecular weight is 548 g/mol. The van der Waals surface area contributed by atoms with Crippen LogP contribution in [-0.4, -0.2) is 36.5 Å². The standard InChI is InChI=1S/C32H31FN8/c1-32(2,3)18-38-30-22(13-34)16-37-31-27(23-14-35-19-36-15-23)11-20(12-28(30)31)10-26(21-4-6-24(33)7-5-21)29-17-41(40-39-29)25-8-9-25/h4-7,11-12,14-17,19,25-26H,8-10,18H2,1-3H3,(H,37,38)/t26-/m1/s1/i26D. The van der Waals surface area contributed by atoms with Crippen molar-refractivity contribution >= 4 is 16.6 Å². The Balaban J connectivity index is 1.55. The van der Waals surface area contributed by atoms with Gasteiger partial charge in [0.1, 0.15) is 18.2 Å². The Hall–Kier alpha value is -4.71. The monoisotopic (exact) mass is 547 g/mol. The molecule has 0 aliphatic heterocycles. The van der Waals surface area contributed by atoms with Crippen molar-refractivity contribution in [1.29, 1.82) is 5.26 Å². The summed E-state index contributed by atoms with van der Waals surface area (Å²) in [5.41, 5.74) is 5.24. The van der Waals surface area contributed by atoms with Gasteiger partial charge in [-0.2, -0.15) is 5.26 Å². The molecular weight excluding hydrogens is 515 g/mol. The molecule has 8 nitrogen and oxygen atoms in total. The van der Waals surface area contributed by atoms with Crippen molar-refractivity contribution in [3.63, 3.8) is 0 Å². The first-order chi connectivity index (χ1) is 20.1. The molecule has 1 atom stereocenters. The summed E-state index contributed by atoms with van der Waals surface area (Å²) in [4.78, 5) is 13.1. The zero-order valence-electron chi connectivity index (χ0n) is 24.3. The number of hydrogen-bond acceptors (Lipinski definition) is 7. The molecule has 206 valence electrons. The highest BCUT2D eigenvalue weighted by atomic mass is 19.1. The molecule has 0 spiro atoms. The van der Waals surface area contributed by atoms with Gasteiger partial charge in [-0.25, -0.2) is 19.0 Å². The van der Waals surface area contributed by atoms with Gasteiger partial charge >= 0.3 is 0 Å². The summed E-state index contributed by atoms with van der Waals surface area (Å²) in [6.45, 7) is 7.01. The zero-order chi connectivity index (χ0) is 29.5. The number of hydrogen-bond donors (Lipinski definition) is 1. The van der Waals surface area contributed by atoms with E-state index < -0.39 is 5.89 Å². The topological polar surface area (TPSA) is 105 Å². The van der Waals surface area contributed by atoms with E-state index in [1.807, 2.05) is 23.0 Å². The maximum absolute atomic E-state index is 14.0. The summed E-state index contributed by atoms with van der Waals surface area (Å²) in [6.07, 6.45) is 10.6. The largest absolute Gasteiger partial charge is 0.383 e. The molecule has 9 heteroatoms. The Bertz CT molecular complexity index is 1790. The molecule has 1 saturated carbocycles. The molecule has 1 aliphatic rings. The number of fused-ring (bicyclic) bond motifs is 1. The van der Waals surface area contributed by atoms with Crippen molar-refractivity contribution < 1.29 is 5.76 Å². The Morgan fingerprint density at radius 3 is 2.59 bits per heavy atom. The SMILES string of the molecule is [2H][C@@](Cc1cc(-c2cncnc2)c2ncc(C#N)c(NCC(C)(C)C)c2c1)(c1ccc(F)cc1)c1cn(C2CC2)nn1. The van der Waals surface area contributed by atoms with Crippen molar-refractivity contribution in [1.82, 2.24) is 29.9 Å². The minimum atomic E-state index is -1.36. The van der Waals surface area contributed by atoms with E-state index in [4.69, 9.17) is 4.98 Å². The average Bonchev–Trinajstić information content (AvgIpc) is 3.71. The minimum Gasteiger partial charge on any atom is -0.383 e. The normalized spacial score (nSPS) is 15.2. The highest BCUT2D eigenvalue weighted by Crippen LogP contribution is 2.38. The zero-order valence-corrected chi connectivity index (χ0v) is 23.3. The summed E-state index contributed by atoms with van der Waals surface area (Å²) in [6, 6.07) is 12.6. The van der Waals surface area contributed by atoms with E-state index in [9.17, 15) is 11.0 Å². The second-order valence-corrected chi connectivity index (χ2v) is 11.7. The van der Waals surface area contributed by atoms with Gasteiger partial charge in [0.05, 0.1) is 28.5 Å². The van der Waals surface area contributed by atoms with Gasteiger partial charge in [-0.05, 0) is 60.1 Å². The molecule has 0 radical (unpaired) electrons. The fourth-order valence-corrected chi connectivity index (χ4v) is 4.88. The van der Waals surface area contributed by atoms with E-state index in [1.165, 1.54) is 18.5 Å². The number of nitriles is 1. The van der Waals surface area contributed by atoms with E-state index in [0.717, 1.165) is 34.9 Å². The third-order valence-electron chi connectivity index (χ3n) is 7.13. The maximum Gasteiger partial charge on any atom is 0.123 e. The summed E-state index contributed by atoms with van der Waals surface area (Å²) in [7, 11) is 0. The number of nitrogens with one attached hydrogen (secondary N) is 1. The van der Waals surface area contributed by atoms with Crippen LogP contribution in [-0.2, 0) is 6.42 Å². The number of anilines is 1. The summed E-state index contributed by atoms with van der Waals surface area (Å²) in [5, 5.41) is 23.0. The molecule has 3 heterocycles. The second-order valence-electron chi connectivity index (χ2n) is 11.7. The molecule has 41 heavy (non-hydrogen) atoms. The Labute approximate surface area is 239 Å². The number of aromatic nitrogens is 6. The van der Waals surface area contributed by atoms with Gasteiger partial charge in [-0.3, -0.25) is 4.98 Å². The van der Waals surface area contributed by atoms with E-state index in [-0.39, 0.29) is 17.7 Å². The lowest BCUT2D eigenvalue weighted by Gasteiger charge is -2.22. The predicted molar refractivity (Wildman–Crippen MR) is 156 cm³/mol. The van der Waals surface area contributed by atoms with Crippen LogP contribution in [0.2, 0.25) is 0 Å². The van der Waals surface area contributed by atoms with Crippen molar-refractivity contribution in [3.8, 4) is 17.2 Å². The van der Waals surface area contributed by atoms with Crippen molar-refractivity contribution in [3.05, 3.63) is 95.7 Å². The van der Waals surface area contributed by atoms with Gasteiger partial charge in [-0.15, -0.1) is 5.10 Å². The lowest BCUT2D eigenvalue weighted by molar-refractivity contribution is 0.443. The third-order valence-corrected chi connectivity index (χ3v) is 7.13. The minimum absolute atomic E-state index is 0.0394. The van der Waals surface area contributed by atoms with Gasteiger partial charge in [-0.1, -0.05) is 38.1 Å². The van der Waals surface area contributed by atoms with E-state index in [2.05, 4.69) is 52.4 Å².